The van der Waals surface area contributed by atoms with E-state index < -0.39 is 16.2 Å². The molecule has 0 aromatic heterocycles. The number of hydrogen-bond acceptors (Lipinski definition) is 5. The third-order valence-corrected chi connectivity index (χ3v) is 0.464. The van der Waals surface area contributed by atoms with Gasteiger partial charge in [0.1, 0.15) is 0 Å². The summed E-state index contributed by atoms with van der Waals surface area (Å²) in [5, 5.41) is 7.91. The Morgan fingerprint density at radius 3 is 1.73 bits per heavy atom. The second-order valence-electron chi connectivity index (χ2n) is 1.54. The van der Waals surface area contributed by atoms with Crippen LogP contribution in [0.1, 0.15) is 19.8 Å². The van der Waals surface area contributed by atoms with Gasteiger partial charge in [-0.2, -0.15) is 14.0 Å². The minimum absolute atomic E-state index is 0.292. The minimum Gasteiger partial charge on any atom is -0.481 e. The Morgan fingerprint density at radius 2 is 1.73 bits per heavy atom. The van der Waals surface area contributed by atoms with Crippen LogP contribution in [0.4, 0.5) is 0 Å². The van der Waals surface area contributed by atoms with Gasteiger partial charge in [-0.25, -0.2) is 0 Å². The van der Waals surface area contributed by atoms with Crippen molar-refractivity contribution in [3.05, 3.63) is 0 Å². The van der Waals surface area contributed by atoms with Crippen LogP contribution < -0.4 is 14.0 Å². The molecule has 0 aliphatic carbocycles. The molecule has 0 rings (SSSR count). The highest BCUT2D eigenvalue weighted by Gasteiger charge is 1.98. The summed E-state index contributed by atoms with van der Waals surface area (Å²) in [4.78, 5) is 9.60. The van der Waals surface area contributed by atoms with Crippen LogP contribution in [0, 0.1) is 10.2 Å². The van der Waals surface area contributed by atoms with Crippen molar-refractivity contribution in [1.29, 1.82) is 0 Å². The van der Waals surface area contributed by atoms with E-state index >= 15 is 0 Å². The molecule has 7 heteroatoms. The van der Waals surface area contributed by atoms with Gasteiger partial charge in [-0.05, 0) is 6.42 Å². The lowest BCUT2D eigenvalue weighted by atomic mass is 10.4. The van der Waals surface area contributed by atoms with Crippen LogP contribution >= 0.6 is 0 Å². The first-order chi connectivity index (χ1) is 4.77. The summed E-state index contributed by atoms with van der Waals surface area (Å²) >= 11 is 0. The molecule has 0 fully saturated rings. The molecule has 0 saturated heterocycles. The third kappa shape index (κ3) is 82.0. The van der Waals surface area contributed by atoms with Crippen molar-refractivity contribution in [2.45, 2.75) is 19.8 Å². The SMILES string of the molecule is CCCC(=O)O.[O-][Cl+3]([O-])([O-])O. The zero-order valence-corrected chi connectivity index (χ0v) is 6.58. The maximum absolute atomic E-state index is 9.60. The van der Waals surface area contributed by atoms with E-state index in [9.17, 15) is 4.79 Å². The molecule has 0 aliphatic rings. The largest absolute Gasteiger partial charge is 0.481 e. The number of aliphatic carboxylic acids is 1. The van der Waals surface area contributed by atoms with Crippen LogP contribution in [0.15, 0.2) is 0 Å². The zero-order valence-electron chi connectivity index (χ0n) is 5.82. The van der Waals surface area contributed by atoms with E-state index in [-0.39, 0.29) is 0 Å². The van der Waals surface area contributed by atoms with Gasteiger partial charge in [0.15, 0.2) is 0 Å². The summed E-state index contributed by atoms with van der Waals surface area (Å²) in [5.74, 6) is -0.711. The molecule has 11 heavy (non-hydrogen) atoms. The molecule has 0 aromatic carbocycles. The quantitative estimate of drug-likeness (QED) is 0.469. The average molecular weight is 189 g/mol. The Balaban J connectivity index is 0. The van der Waals surface area contributed by atoms with E-state index in [1.807, 2.05) is 6.92 Å². The number of carboxylic acid groups (broad SMARTS) is 1. The van der Waals surface area contributed by atoms with Crippen molar-refractivity contribution in [3.63, 3.8) is 0 Å². The summed E-state index contributed by atoms with van der Waals surface area (Å²) in [5.41, 5.74) is 0. The lowest BCUT2D eigenvalue weighted by Crippen LogP contribution is -2.58. The van der Waals surface area contributed by atoms with Gasteiger partial charge in [-0.3, -0.25) is 4.79 Å². The molecule has 0 saturated carbocycles. The van der Waals surface area contributed by atoms with Gasteiger partial charge in [0.05, 0.1) is 14.9 Å². The smallest absolute Gasteiger partial charge is 0.303 e. The van der Waals surface area contributed by atoms with Gasteiger partial charge in [0.25, 0.3) is 0 Å². The summed E-state index contributed by atoms with van der Waals surface area (Å²) < 4.78 is 32.7. The number of rotatable bonds is 2. The Hall–Kier alpha value is -0.400. The Labute approximate surface area is 65.4 Å². The first kappa shape index (κ1) is 13.2. The topological polar surface area (TPSA) is 127 Å². The van der Waals surface area contributed by atoms with Gasteiger partial charge in [-0.15, -0.1) is 0 Å². The fourth-order valence-corrected chi connectivity index (χ4v) is 0.214. The molecule has 0 heterocycles. The maximum Gasteiger partial charge on any atom is 0.303 e. The number of carbonyl (C=O) groups is 1. The molecule has 0 spiro atoms. The molecule has 0 atom stereocenters. The Bertz CT molecular complexity index is 102. The lowest BCUT2D eigenvalue weighted by molar-refractivity contribution is -1.92. The predicted octanol–water partition coefficient (Wildman–Crippen LogP) is -3.25. The van der Waals surface area contributed by atoms with E-state index in [0.717, 1.165) is 6.42 Å². The number of halogens is 1. The summed E-state index contributed by atoms with van der Waals surface area (Å²) in [6.07, 6.45) is 1.02. The predicted molar refractivity (Wildman–Crippen MR) is 24.8 cm³/mol. The van der Waals surface area contributed by atoms with Crippen LogP contribution in [0.3, 0.4) is 0 Å². The van der Waals surface area contributed by atoms with Crippen LogP contribution in [0.5, 0.6) is 0 Å². The first-order valence-corrected chi connectivity index (χ1v) is 3.88. The van der Waals surface area contributed by atoms with Crippen LogP contribution in [0.2, 0.25) is 0 Å². The minimum atomic E-state index is -4.69. The molecule has 0 aliphatic heterocycles. The van der Waals surface area contributed by atoms with E-state index in [0.29, 0.717) is 6.42 Å². The molecular formula is C4H9ClO6. The molecule has 68 valence electrons. The summed E-state index contributed by atoms with van der Waals surface area (Å²) in [6, 6.07) is 0. The van der Waals surface area contributed by atoms with Crippen molar-refractivity contribution in [2.75, 3.05) is 0 Å². The fraction of sp³-hybridized carbons (Fsp3) is 0.750. The van der Waals surface area contributed by atoms with Crippen molar-refractivity contribution in [3.8, 4) is 0 Å². The number of carboxylic acids is 1. The molecule has 0 aromatic rings. The lowest BCUT2D eigenvalue weighted by Gasteiger charge is -2.03. The maximum atomic E-state index is 9.60. The van der Waals surface area contributed by atoms with Crippen molar-refractivity contribution < 1.29 is 38.8 Å². The standard InChI is InChI=1S/C4H8O2.ClHO4/c1-2-3-4(5)6;2-1(3,4)5/h2-3H2,1H3,(H,5,6);(H,2,3,4,5). The molecule has 6 nitrogen and oxygen atoms in total. The second-order valence-corrected chi connectivity index (χ2v) is 2.33. The van der Waals surface area contributed by atoms with Gasteiger partial charge < -0.3 is 5.11 Å². The van der Waals surface area contributed by atoms with E-state index in [1.165, 1.54) is 0 Å². The van der Waals surface area contributed by atoms with E-state index in [4.69, 9.17) is 23.7 Å². The molecular weight excluding hydrogens is 179 g/mol. The molecule has 0 radical (unpaired) electrons. The highest BCUT2D eigenvalue weighted by molar-refractivity contribution is 5.66. The molecule has 0 unspecified atom stereocenters. The molecule has 2 N–H and O–H groups in total. The zero-order chi connectivity index (χ0) is 9.49. The van der Waals surface area contributed by atoms with Gasteiger partial charge in [0.2, 0.25) is 0 Å². The van der Waals surface area contributed by atoms with Crippen molar-refractivity contribution in [1.82, 2.24) is 0 Å². The highest BCUT2D eigenvalue weighted by Crippen LogP contribution is 1.82. The van der Waals surface area contributed by atoms with Gasteiger partial charge in [-0.1, -0.05) is 6.92 Å². The van der Waals surface area contributed by atoms with Crippen molar-refractivity contribution >= 4 is 5.97 Å². The first-order valence-electron chi connectivity index (χ1n) is 2.62. The highest BCUT2D eigenvalue weighted by atomic mass is 35.7. The monoisotopic (exact) mass is 188 g/mol. The van der Waals surface area contributed by atoms with Crippen molar-refractivity contribution in [2.24, 2.45) is 0 Å². The van der Waals surface area contributed by atoms with E-state index in [2.05, 4.69) is 0 Å². The fourth-order valence-electron chi connectivity index (χ4n) is 0.214. The Morgan fingerprint density at radius 1 is 1.45 bits per heavy atom. The molecule has 0 bridgehead atoms. The second kappa shape index (κ2) is 6.32. The normalized spacial score (nSPS) is 9.91. The van der Waals surface area contributed by atoms with Crippen LogP contribution in [-0.2, 0) is 4.79 Å². The Kier molecular flexibility index (Phi) is 7.59. The number of hydrogen-bond donors (Lipinski definition) is 2. The summed E-state index contributed by atoms with van der Waals surface area (Å²) in [7, 11) is -4.69. The van der Waals surface area contributed by atoms with Gasteiger partial charge in [0, 0.05) is 6.42 Å². The van der Waals surface area contributed by atoms with Crippen LogP contribution in [-0.4, -0.2) is 15.7 Å². The summed E-state index contributed by atoms with van der Waals surface area (Å²) in [6.45, 7) is 1.84. The third-order valence-electron chi connectivity index (χ3n) is 0.464. The van der Waals surface area contributed by atoms with Gasteiger partial charge >= 0.3 is 5.97 Å². The van der Waals surface area contributed by atoms with E-state index in [1.54, 1.807) is 0 Å². The molecule has 0 amide bonds. The average Bonchev–Trinajstić information content (AvgIpc) is 1.58. The van der Waals surface area contributed by atoms with Crippen LogP contribution in [0.25, 0.3) is 0 Å².